The van der Waals surface area contributed by atoms with Gasteiger partial charge in [-0.3, -0.25) is 4.79 Å². The van der Waals surface area contributed by atoms with Crippen LogP contribution in [0.4, 0.5) is 0 Å². The number of fused-ring (bicyclic) bond motifs is 2. The molecule has 3 heteroatoms. The Kier molecular flexibility index (Phi) is 3.68. The zero-order valence-electron chi connectivity index (χ0n) is 11.5. The number of rotatable bonds is 2. The number of hydrogen-bond donors (Lipinski definition) is 1. The fourth-order valence-electron chi connectivity index (χ4n) is 3.36. The zero-order chi connectivity index (χ0) is 13.3. The van der Waals surface area contributed by atoms with Crippen molar-refractivity contribution in [3.63, 3.8) is 0 Å². The molecule has 1 fully saturated rings. The molecule has 0 radical (unpaired) electrons. The second kappa shape index (κ2) is 5.29. The second-order valence-corrected chi connectivity index (χ2v) is 6.78. The molecule has 19 heavy (non-hydrogen) atoms. The van der Waals surface area contributed by atoms with Crippen LogP contribution >= 0.6 is 11.8 Å². The van der Waals surface area contributed by atoms with E-state index in [4.69, 9.17) is 0 Å². The van der Waals surface area contributed by atoms with Crippen molar-refractivity contribution in [1.82, 2.24) is 5.32 Å². The van der Waals surface area contributed by atoms with Crippen LogP contribution in [0.25, 0.3) is 0 Å². The first-order valence-electron chi connectivity index (χ1n) is 7.26. The maximum Gasteiger partial charge on any atom is 0.162 e. The molecule has 0 amide bonds. The van der Waals surface area contributed by atoms with E-state index in [2.05, 4.69) is 17.4 Å². The van der Waals surface area contributed by atoms with E-state index in [0.29, 0.717) is 6.42 Å². The minimum atomic E-state index is 0.262. The molecule has 1 spiro atoms. The SMILES string of the molecule is CCC(=O)c1ccc2c(c1)C1(CCCS2)CCNC1. The summed E-state index contributed by atoms with van der Waals surface area (Å²) in [6, 6.07) is 6.37. The van der Waals surface area contributed by atoms with Gasteiger partial charge in [-0.25, -0.2) is 0 Å². The summed E-state index contributed by atoms with van der Waals surface area (Å²) < 4.78 is 0. The van der Waals surface area contributed by atoms with Crippen LogP contribution in [0.1, 0.15) is 48.5 Å². The fraction of sp³-hybridized carbons (Fsp3) is 0.562. The van der Waals surface area contributed by atoms with E-state index in [1.807, 2.05) is 24.8 Å². The molecule has 1 unspecified atom stereocenters. The topological polar surface area (TPSA) is 29.1 Å². The smallest absolute Gasteiger partial charge is 0.162 e. The van der Waals surface area contributed by atoms with Crippen molar-refractivity contribution in [2.45, 2.75) is 42.9 Å². The molecule has 102 valence electrons. The highest BCUT2D eigenvalue weighted by Crippen LogP contribution is 2.44. The first-order chi connectivity index (χ1) is 9.25. The summed E-state index contributed by atoms with van der Waals surface area (Å²) in [6.45, 7) is 4.12. The third-order valence-corrected chi connectivity index (χ3v) is 5.65. The van der Waals surface area contributed by atoms with E-state index in [0.717, 1.165) is 18.7 Å². The number of hydrogen-bond acceptors (Lipinski definition) is 3. The van der Waals surface area contributed by atoms with E-state index in [9.17, 15) is 4.79 Å². The Labute approximate surface area is 119 Å². The number of carbonyl (C=O) groups is 1. The number of nitrogens with one attached hydrogen (secondary N) is 1. The van der Waals surface area contributed by atoms with Crippen LogP contribution in [-0.4, -0.2) is 24.6 Å². The molecular formula is C16H21NOS. The maximum atomic E-state index is 12.0. The van der Waals surface area contributed by atoms with Gasteiger partial charge in [-0.05, 0) is 49.3 Å². The van der Waals surface area contributed by atoms with Crippen LogP contribution < -0.4 is 5.32 Å². The van der Waals surface area contributed by atoms with Gasteiger partial charge in [0.05, 0.1) is 0 Å². The summed E-state index contributed by atoms with van der Waals surface area (Å²) in [5.74, 6) is 1.47. The minimum absolute atomic E-state index is 0.262. The van der Waals surface area contributed by atoms with Gasteiger partial charge in [0.15, 0.2) is 5.78 Å². The zero-order valence-corrected chi connectivity index (χ0v) is 12.3. The van der Waals surface area contributed by atoms with Gasteiger partial charge in [0, 0.05) is 28.8 Å². The first kappa shape index (κ1) is 13.2. The van der Waals surface area contributed by atoms with Gasteiger partial charge >= 0.3 is 0 Å². The van der Waals surface area contributed by atoms with Crippen LogP contribution in [-0.2, 0) is 5.41 Å². The summed E-state index contributed by atoms with van der Waals surface area (Å²) in [6.07, 6.45) is 4.34. The Hall–Kier alpha value is -0.800. The third kappa shape index (κ3) is 2.34. The van der Waals surface area contributed by atoms with Crippen molar-refractivity contribution in [1.29, 1.82) is 0 Å². The van der Waals surface area contributed by atoms with Crippen molar-refractivity contribution in [2.75, 3.05) is 18.8 Å². The summed E-state index contributed by atoms with van der Waals surface area (Å²) in [7, 11) is 0. The molecule has 2 heterocycles. The molecule has 2 nitrogen and oxygen atoms in total. The molecule has 1 N–H and O–H groups in total. The van der Waals surface area contributed by atoms with E-state index < -0.39 is 0 Å². The Balaban J connectivity index is 2.07. The number of benzene rings is 1. The summed E-state index contributed by atoms with van der Waals surface area (Å²) in [4.78, 5) is 13.4. The van der Waals surface area contributed by atoms with Gasteiger partial charge in [-0.2, -0.15) is 0 Å². The Morgan fingerprint density at radius 2 is 2.32 bits per heavy atom. The lowest BCUT2D eigenvalue weighted by atomic mass is 9.75. The van der Waals surface area contributed by atoms with E-state index in [1.54, 1.807) is 0 Å². The van der Waals surface area contributed by atoms with Gasteiger partial charge < -0.3 is 5.32 Å². The summed E-state index contributed by atoms with van der Waals surface area (Å²) in [5, 5.41) is 3.52. The van der Waals surface area contributed by atoms with Crippen molar-refractivity contribution in [3.8, 4) is 0 Å². The third-order valence-electron chi connectivity index (χ3n) is 4.49. The highest BCUT2D eigenvalue weighted by Gasteiger charge is 2.38. The van der Waals surface area contributed by atoms with E-state index in [1.165, 1.54) is 35.5 Å². The average Bonchev–Trinajstić information content (AvgIpc) is 2.84. The van der Waals surface area contributed by atoms with E-state index in [-0.39, 0.29) is 11.2 Å². The predicted octanol–water partition coefficient (Wildman–Crippen LogP) is 3.40. The van der Waals surface area contributed by atoms with Gasteiger partial charge in [-0.15, -0.1) is 11.8 Å². The van der Waals surface area contributed by atoms with Gasteiger partial charge in [-0.1, -0.05) is 13.0 Å². The highest BCUT2D eigenvalue weighted by molar-refractivity contribution is 7.99. The maximum absolute atomic E-state index is 12.0. The molecule has 0 bridgehead atoms. The molecule has 1 aromatic rings. The van der Waals surface area contributed by atoms with Crippen LogP contribution in [0.5, 0.6) is 0 Å². The van der Waals surface area contributed by atoms with Crippen molar-refractivity contribution in [2.24, 2.45) is 0 Å². The van der Waals surface area contributed by atoms with Crippen LogP contribution in [0.2, 0.25) is 0 Å². The predicted molar refractivity (Wildman–Crippen MR) is 80.2 cm³/mol. The Morgan fingerprint density at radius 1 is 1.42 bits per heavy atom. The second-order valence-electron chi connectivity index (χ2n) is 5.65. The first-order valence-corrected chi connectivity index (χ1v) is 8.25. The molecule has 1 aromatic carbocycles. The van der Waals surface area contributed by atoms with Crippen LogP contribution in [0.3, 0.4) is 0 Å². The van der Waals surface area contributed by atoms with Crippen molar-refractivity contribution < 1.29 is 4.79 Å². The molecule has 2 aliphatic rings. The molecule has 1 atom stereocenters. The monoisotopic (exact) mass is 275 g/mol. The molecule has 0 saturated carbocycles. The number of Topliss-reactive ketones (excluding diaryl/α,β-unsaturated/α-hetero) is 1. The number of thioether (sulfide) groups is 1. The molecule has 0 aromatic heterocycles. The lowest BCUT2D eigenvalue weighted by molar-refractivity contribution is 0.0988. The van der Waals surface area contributed by atoms with Gasteiger partial charge in [0.25, 0.3) is 0 Å². The van der Waals surface area contributed by atoms with Crippen LogP contribution in [0.15, 0.2) is 23.1 Å². The highest BCUT2D eigenvalue weighted by atomic mass is 32.2. The molecule has 3 rings (SSSR count). The van der Waals surface area contributed by atoms with Crippen molar-refractivity contribution >= 4 is 17.5 Å². The molecular weight excluding hydrogens is 254 g/mol. The fourth-order valence-corrected chi connectivity index (χ4v) is 4.47. The standard InChI is InChI=1S/C16H21NOS/c1-2-14(18)12-4-5-15-13(10-12)16(6-3-9-19-15)7-8-17-11-16/h4-5,10,17H,2-3,6-9,11H2,1H3. The Morgan fingerprint density at radius 3 is 3.05 bits per heavy atom. The van der Waals surface area contributed by atoms with Crippen LogP contribution in [0, 0.1) is 0 Å². The quantitative estimate of drug-likeness (QED) is 0.839. The minimum Gasteiger partial charge on any atom is -0.316 e. The van der Waals surface area contributed by atoms with Gasteiger partial charge in [0.1, 0.15) is 0 Å². The molecule has 1 saturated heterocycles. The lowest BCUT2D eigenvalue weighted by Crippen LogP contribution is -2.29. The average molecular weight is 275 g/mol. The van der Waals surface area contributed by atoms with Gasteiger partial charge in [0.2, 0.25) is 0 Å². The molecule has 2 aliphatic heterocycles. The Bertz CT molecular complexity index is 492. The van der Waals surface area contributed by atoms with E-state index >= 15 is 0 Å². The summed E-state index contributed by atoms with van der Waals surface area (Å²) >= 11 is 1.96. The lowest BCUT2D eigenvalue weighted by Gasteiger charge is -2.29. The normalized spacial score (nSPS) is 26.2. The molecule has 0 aliphatic carbocycles. The van der Waals surface area contributed by atoms with Crippen molar-refractivity contribution in [3.05, 3.63) is 29.3 Å². The number of carbonyl (C=O) groups excluding carboxylic acids is 1. The summed E-state index contributed by atoms with van der Waals surface area (Å²) in [5.41, 5.74) is 2.61. The largest absolute Gasteiger partial charge is 0.316 e. The number of ketones is 1.